The molecule has 0 saturated carbocycles. The molecule has 2 N–H and O–H groups in total. The number of benzene rings is 2. The maximum atomic E-state index is 12.3. The zero-order chi connectivity index (χ0) is 20.2. The smallest absolute Gasteiger partial charge is 0.336 e. The van der Waals surface area contributed by atoms with Crippen LogP contribution in [0.1, 0.15) is 11.1 Å². The van der Waals surface area contributed by atoms with Gasteiger partial charge in [0.05, 0.1) is 12.7 Å². The standard InChI is InChI=1S/C23H20N2O4/c1-28-17-6-4-16(5-7-17)19-11-22(27)29-23-18(19)8-9-21(26)20(23)14-25-13-15-3-2-10-24-12-15/h2-12,25-26H,13-14H2,1H3. The van der Waals surface area contributed by atoms with Crippen LogP contribution in [0.25, 0.3) is 22.1 Å². The first kappa shape index (κ1) is 18.7. The zero-order valence-electron chi connectivity index (χ0n) is 15.9. The van der Waals surface area contributed by atoms with Crippen molar-refractivity contribution in [3.8, 4) is 22.6 Å². The van der Waals surface area contributed by atoms with Crippen molar-refractivity contribution in [2.45, 2.75) is 13.1 Å². The number of nitrogens with zero attached hydrogens (tertiary/aromatic N) is 1. The van der Waals surface area contributed by atoms with E-state index in [2.05, 4.69) is 10.3 Å². The van der Waals surface area contributed by atoms with Crippen LogP contribution >= 0.6 is 0 Å². The molecule has 0 aliphatic carbocycles. The molecule has 0 bridgehead atoms. The minimum absolute atomic E-state index is 0.0752. The number of ether oxygens (including phenoxy) is 1. The zero-order valence-corrected chi connectivity index (χ0v) is 15.9. The number of nitrogens with one attached hydrogen (secondary N) is 1. The lowest BCUT2D eigenvalue weighted by Gasteiger charge is -2.12. The summed E-state index contributed by atoms with van der Waals surface area (Å²) in [6.45, 7) is 0.916. The third-order valence-electron chi connectivity index (χ3n) is 4.75. The first-order chi connectivity index (χ1) is 14.2. The first-order valence-corrected chi connectivity index (χ1v) is 9.18. The highest BCUT2D eigenvalue weighted by atomic mass is 16.5. The van der Waals surface area contributed by atoms with Crippen LogP contribution in [0.4, 0.5) is 0 Å². The van der Waals surface area contributed by atoms with E-state index in [0.717, 1.165) is 27.8 Å². The Kier molecular flexibility index (Phi) is 5.27. The molecule has 0 radical (unpaired) electrons. The van der Waals surface area contributed by atoms with E-state index >= 15 is 0 Å². The summed E-state index contributed by atoms with van der Waals surface area (Å²) < 4.78 is 10.7. The Morgan fingerprint density at radius 1 is 1.10 bits per heavy atom. The van der Waals surface area contributed by atoms with Gasteiger partial charge in [-0.3, -0.25) is 4.98 Å². The van der Waals surface area contributed by atoms with E-state index in [0.29, 0.717) is 24.2 Å². The van der Waals surface area contributed by atoms with Crippen LogP contribution in [0.2, 0.25) is 0 Å². The molecule has 0 aliphatic rings. The molecule has 0 saturated heterocycles. The number of aromatic hydroxyl groups is 1. The average molecular weight is 388 g/mol. The molecule has 0 atom stereocenters. The van der Waals surface area contributed by atoms with Crippen LogP contribution in [-0.4, -0.2) is 17.2 Å². The molecule has 2 aromatic heterocycles. The first-order valence-electron chi connectivity index (χ1n) is 9.18. The Balaban J connectivity index is 1.72. The van der Waals surface area contributed by atoms with E-state index in [9.17, 15) is 9.90 Å². The molecule has 0 amide bonds. The Bertz CT molecular complexity index is 1190. The molecule has 6 nitrogen and oxygen atoms in total. The molecule has 0 spiro atoms. The van der Waals surface area contributed by atoms with Gasteiger partial charge in [-0.1, -0.05) is 18.2 Å². The van der Waals surface area contributed by atoms with Gasteiger partial charge in [0.2, 0.25) is 0 Å². The van der Waals surface area contributed by atoms with Crippen LogP contribution in [0, 0.1) is 0 Å². The van der Waals surface area contributed by atoms with Crippen LogP contribution in [0.15, 0.2) is 76.2 Å². The van der Waals surface area contributed by atoms with Crippen molar-refractivity contribution in [1.29, 1.82) is 0 Å². The molecule has 4 rings (SSSR count). The van der Waals surface area contributed by atoms with Crippen molar-refractivity contribution in [2.75, 3.05) is 7.11 Å². The van der Waals surface area contributed by atoms with Crippen molar-refractivity contribution >= 4 is 11.0 Å². The molecule has 29 heavy (non-hydrogen) atoms. The van der Waals surface area contributed by atoms with Gasteiger partial charge in [-0.25, -0.2) is 4.79 Å². The number of phenolic OH excluding ortho intramolecular Hbond substituents is 1. The van der Waals surface area contributed by atoms with E-state index in [4.69, 9.17) is 9.15 Å². The van der Waals surface area contributed by atoms with Crippen molar-refractivity contribution < 1.29 is 14.3 Å². The predicted octanol–water partition coefficient (Wildman–Crippen LogP) is 3.86. The molecular weight excluding hydrogens is 368 g/mol. The van der Waals surface area contributed by atoms with Gasteiger partial charge in [0.15, 0.2) is 0 Å². The summed E-state index contributed by atoms with van der Waals surface area (Å²) in [7, 11) is 1.61. The highest BCUT2D eigenvalue weighted by Gasteiger charge is 2.15. The Morgan fingerprint density at radius 3 is 2.66 bits per heavy atom. The van der Waals surface area contributed by atoms with Gasteiger partial charge < -0.3 is 19.6 Å². The Morgan fingerprint density at radius 2 is 1.93 bits per heavy atom. The van der Waals surface area contributed by atoms with Crippen molar-refractivity contribution in [1.82, 2.24) is 10.3 Å². The lowest BCUT2D eigenvalue weighted by Crippen LogP contribution is -2.13. The van der Waals surface area contributed by atoms with Gasteiger partial charge >= 0.3 is 5.63 Å². The third-order valence-corrected chi connectivity index (χ3v) is 4.75. The highest BCUT2D eigenvalue weighted by molar-refractivity contribution is 5.95. The molecular formula is C23H20N2O4. The summed E-state index contributed by atoms with van der Waals surface area (Å²) in [5.41, 5.74) is 3.08. The number of aromatic nitrogens is 1. The minimum Gasteiger partial charge on any atom is -0.507 e. The number of hydrogen-bond donors (Lipinski definition) is 2. The fourth-order valence-electron chi connectivity index (χ4n) is 3.29. The molecule has 0 unspecified atom stereocenters. The highest BCUT2D eigenvalue weighted by Crippen LogP contribution is 2.33. The summed E-state index contributed by atoms with van der Waals surface area (Å²) in [4.78, 5) is 16.3. The maximum Gasteiger partial charge on any atom is 0.336 e. The number of pyridine rings is 1. The van der Waals surface area contributed by atoms with E-state index in [1.165, 1.54) is 6.07 Å². The van der Waals surface area contributed by atoms with E-state index in [1.807, 2.05) is 36.4 Å². The monoisotopic (exact) mass is 388 g/mol. The van der Waals surface area contributed by atoms with Gasteiger partial charge in [0, 0.05) is 36.9 Å². The average Bonchev–Trinajstić information content (AvgIpc) is 2.75. The van der Waals surface area contributed by atoms with E-state index < -0.39 is 5.63 Å². The lowest BCUT2D eigenvalue weighted by molar-refractivity contribution is 0.415. The van der Waals surface area contributed by atoms with Crippen LogP contribution < -0.4 is 15.7 Å². The molecule has 2 heterocycles. The van der Waals surface area contributed by atoms with Gasteiger partial charge in [-0.05, 0) is 47.0 Å². The van der Waals surface area contributed by atoms with Crippen molar-refractivity contribution in [2.24, 2.45) is 0 Å². The van der Waals surface area contributed by atoms with Crippen LogP contribution in [0.5, 0.6) is 11.5 Å². The summed E-state index contributed by atoms with van der Waals surface area (Å²) in [6.07, 6.45) is 3.49. The number of rotatable bonds is 6. The number of fused-ring (bicyclic) bond motifs is 1. The van der Waals surface area contributed by atoms with Gasteiger partial charge in [-0.2, -0.15) is 0 Å². The summed E-state index contributed by atoms with van der Waals surface area (Å²) >= 11 is 0. The number of methoxy groups -OCH3 is 1. The quantitative estimate of drug-likeness (QED) is 0.488. The normalized spacial score (nSPS) is 10.9. The summed E-state index contributed by atoms with van der Waals surface area (Å²) in [5.74, 6) is 0.810. The van der Waals surface area contributed by atoms with E-state index in [-0.39, 0.29) is 5.75 Å². The van der Waals surface area contributed by atoms with Crippen LogP contribution in [-0.2, 0) is 13.1 Å². The molecule has 2 aromatic carbocycles. The molecule has 146 valence electrons. The molecule has 0 aliphatic heterocycles. The topological polar surface area (TPSA) is 84.6 Å². The number of phenols is 1. The molecule has 0 fully saturated rings. The van der Waals surface area contributed by atoms with Crippen molar-refractivity contribution in [3.05, 3.63) is 88.5 Å². The summed E-state index contributed by atoms with van der Waals surface area (Å²) in [5, 5.41) is 14.4. The lowest BCUT2D eigenvalue weighted by atomic mass is 9.99. The molecule has 6 heteroatoms. The molecule has 4 aromatic rings. The minimum atomic E-state index is -0.470. The second-order valence-corrected chi connectivity index (χ2v) is 6.61. The van der Waals surface area contributed by atoms with Gasteiger partial charge in [0.1, 0.15) is 17.1 Å². The maximum absolute atomic E-state index is 12.3. The van der Waals surface area contributed by atoms with Gasteiger partial charge in [0.25, 0.3) is 0 Å². The third kappa shape index (κ3) is 3.97. The second kappa shape index (κ2) is 8.16. The van der Waals surface area contributed by atoms with Crippen molar-refractivity contribution in [3.63, 3.8) is 0 Å². The fraction of sp³-hybridized carbons (Fsp3) is 0.130. The Hall–Kier alpha value is -3.64. The predicted molar refractivity (Wildman–Crippen MR) is 111 cm³/mol. The van der Waals surface area contributed by atoms with Crippen LogP contribution in [0.3, 0.4) is 0 Å². The SMILES string of the molecule is COc1ccc(-c2cc(=O)oc3c(CNCc4cccnc4)c(O)ccc23)cc1. The Labute approximate surface area is 167 Å². The summed E-state index contributed by atoms with van der Waals surface area (Å²) in [6, 6.07) is 16.1. The second-order valence-electron chi connectivity index (χ2n) is 6.61. The van der Waals surface area contributed by atoms with E-state index in [1.54, 1.807) is 31.6 Å². The largest absolute Gasteiger partial charge is 0.507 e. The fourth-order valence-corrected chi connectivity index (χ4v) is 3.29. The van der Waals surface area contributed by atoms with Gasteiger partial charge in [-0.15, -0.1) is 0 Å². The number of hydrogen-bond acceptors (Lipinski definition) is 6.